The first-order valence-electron chi connectivity index (χ1n) is 16.0. The Balaban J connectivity index is 1.10. The monoisotopic (exact) mass is 630 g/mol. The van der Waals surface area contributed by atoms with Gasteiger partial charge in [0.15, 0.2) is 0 Å². The Hall–Kier alpha value is -5.33. The normalized spacial score (nSPS) is 13.4. The van der Waals surface area contributed by atoms with Crippen molar-refractivity contribution >= 4 is 70.4 Å². The molecular weight excluding hydrogens is 597 g/mol. The van der Waals surface area contributed by atoms with E-state index in [0.717, 1.165) is 40.7 Å². The molecule has 5 aromatic carbocycles. The summed E-state index contributed by atoms with van der Waals surface area (Å²) < 4.78 is 11.5. The topological polar surface area (TPSA) is 33.5 Å². The Labute approximate surface area is 277 Å². The molecule has 0 spiro atoms. The van der Waals surface area contributed by atoms with Crippen LogP contribution in [0.25, 0.3) is 47.8 Å². The van der Waals surface area contributed by atoms with Gasteiger partial charge in [0, 0.05) is 57.3 Å². The number of thiophene rings is 1. The van der Waals surface area contributed by atoms with Gasteiger partial charge >= 0.3 is 0 Å². The number of pyridine rings is 1. The molecule has 0 unspecified atom stereocenters. The minimum Gasteiger partial charge on any atom is -0.457 e. The summed E-state index contributed by atoms with van der Waals surface area (Å²) in [6.45, 7) is 7.49. The summed E-state index contributed by atoms with van der Waals surface area (Å²) in [4.78, 5) is 9.57. The Bertz CT molecular complexity index is 2500. The second-order valence-electron chi connectivity index (χ2n) is 13.5. The Morgan fingerprint density at radius 3 is 2.34 bits per heavy atom. The molecule has 1 aliphatic rings. The van der Waals surface area contributed by atoms with Crippen LogP contribution in [0, 0.1) is 0 Å². The van der Waals surface area contributed by atoms with Gasteiger partial charge < -0.3 is 14.5 Å². The molecule has 6 heteroatoms. The maximum Gasteiger partial charge on any atom is 0.137 e. The highest BCUT2D eigenvalue weighted by Gasteiger charge is 2.28. The van der Waals surface area contributed by atoms with E-state index >= 15 is 0 Å². The lowest BCUT2D eigenvalue weighted by Gasteiger charge is -2.20. The first-order valence-corrected chi connectivity index (χ1v) is 16.9. The van der Waals surface area contributed by atoms with E-state index in [4.69, 9.17) is 9.72 Å². The number of nitrogens with zero attached hydrogens (tertiary/aromatic N) is 4. The summed E-state index contributed by atoms with van der Waals surface area (Å²) in [6, 6.07) is 40.9. The SMILES string of the molecule is CN1CN(c2cccc(Oc3ccc4c5ccccc5n(-c5cc(C(C)(C)C)ccn5)c4c3)c2)c2ccc3c(sc4ccccc43)c21. The molecule has 1 aliphatic heterocycles. The number of benzene rings is 5. The van der Waals surface area contributed by atoms with Crippen molar-refractivity contribution in [2.75, 3.05) is 23.5 Å². The highest BCUT2D eigenvalue weighted by molar-refractivity contribution is 7.26. The van der Waals surface area contributed by atoms with E-state index in [1.165, 1.54) is 47.9 Å². The third kappa shape index (κ3) is 4.47. The number of fused-ring (bicyclic) bond motifs is 8. The molecule has 4 heterocycles. The number of hydrogen-bond donors (Lipinski definition) is 0. The first kappa shape index (κ1) is 27.9. The van der Waals surface area contributed by atoms with Crippen molar-refractivity contribution in [3.05, 3.63) is 127 Å². The predicted octanol–water partition coefficient (Wildman–Crippen LogP) is 11.2. The molecule has 0 aliphatic carbocycles. The molecule has 0 amide bonds. The maximum atomic E-state index is 6.60. The maximum absolute atomic E-state index is 6.60. The molecule has 9 rings (SSSR count). The molecule has 0 saturated carbocycles. The van der Waals surface area contributed by atoms with Crippen LogP contribution in [0.1, 0.15) is 26.3 Å². The van der Waals surface area contributed by atoms with Crippen LogP contribution in [0.5, 0.6) is 11.5 Å². The fraction of sp³-hybridized carbons (Fsp3) is 0.146. The summed E-state index contributed by atoms with van der Waals surface area (Å²) in [5.74, 6) is 2.50. The summed E-state index contributed by atoms with van der Waals surface area (Å²) in [5.41, 5.74) is 7.08. The van der Waals surface area contributed by atoms with Crippen molar-refractivity contribution in [2.45, 2.75) is 26.2 Å². The van der Waals surface area contributed by atoms with Crippen LogP contribution in [0.2, 0.25) is 0 Å². The Kier molecular flexibility index (Phi) is 6.15. The fourth-order valence-corrected chi connectivity index (χ4v) is 8.35. The molecule has 0 N–H and O–H groups in total. The second kappa shape index (κ2) is 10.3. The van der Waals surface area contributed by atoms with Crippen LogP contribution >= 0.6 is 11.3 Å². The Morgan fingerprint density at radius 1 is 0.702 bits per heavy atom. The number of ether oxygens (including phenoxy) is 1. The van der Waals surface area contributed by atoms with E-state index in [0.29, 0.717) is 0 Å². The molecule has 3 aromatic heterocycles. The van der Waals surface area contributed by atoms with E-state index in [1.54, 1.807) is 0 Å². The van der Waals surface area contributed by atoms with Crippen molar-refractivity contribution in [1.29, 1.82) is 0 Å². The second-order valence-corrected chi connectivity index (χ2v) is 14.5. The quantitative estimate of drug-likeness (QED) is 0.194. The van der Waals surface area contributed by atoms with Crippen LogP contribution in [-0.4, -0.2) is 23.3 Å². The summed E-state index contributed by atoms with van der Waals surface area (Å²) in [6.07, 6.45) is 1.92. The van der Waals surface area contributed by atoms with Gasteiger partial charge in [0.25, 0.3) is 0 Å². The van der Waals surface area contributed by atoms with Gasteiger partial charge in [-0.15, -0.1) is 11.3 Å². The van der Waals surface area contributed by atoms with E-state index in [9.17, 15) is 0 Å². The van der Waals surface area contributed by atoms with Gasteiger partial charge in [0.2, 0.25) is 0 Å². The molecular formula is C41H34N4OS. The van der Waals surface area contributed by atoms with E-state index in [1.807, 2.05) is 23.6 Å². The van der Waals surface area contributed by atoms with Crippen molar-refractivity contribution < 1.29 is 4.74 Å². The lowest BCUT2D eigenvalue weighted by Crippen LogP contribution is -2.23. The minimum atomic E-state index is 0.0181. The lowest BCUT2D eigenvalue weighted by atomic mass is 9.88. The fourth-order valence-electron chi connectivity index (χ4n) is 7.05. The van der Waals surface area contributed by atoms with Crippen LogP contribution in [0.3, 0.4) is 0 Å². The summed E-state index contributed by atoms with van der Waals surface area (Å²) in [7, 11) is 2.18. The average molecular weight is 631 g/mol. The molecule has 0 fully saturated rings. The van der Waals surface area contributed by atoms with Crippen LogP contribution in [-0.2, 0) is 5.41 Å². The zero-order chi connectivity index (χ0) is 31.9. The largest absolute Gasteiger partial charge is 0.457 e. The predicted molar refractivity (Wildman–Crippen MR) is 199 cm³/mol. The highest BCUT2D eigenvalue weighted by Crippen LogP contribution is 2.49. The lowest BCUT2D eigenvalue weighted by molar-refractivity contribution is 0.483. The van der Waals surface area contributed by atoms with Crippen LogP contribution in [0.4, 0.5) is 17.1 Å². The molecule has 47 heavy (non-hydrogen) atoms. The van der Waals surface area contributed by atoms with Crippen LogP contribution < -0.4 is 14.5 Å². The van der Waals surface area contributed by atoms with Gasteiger partial charge in [-0.3, -0.25) is 4.57 Å². The molecule has 8 aromatic rings. The number of hydrogen-bond acceptors (Lipinski definition) is 5. The molecule has 0 atom stereocenters. The van der Waals surface area contributed by atoms with Gasteiger partial charge in [-0.05, 0) is 65.6 Å². The number of rotatable bonds is 4. The minimum absolute atomic E-state index is 0.0181. The van der Waals surface area contributed by atoms with Crippen molar-refractivity contribution in [2.24, 2.45) is 0 Å². The van der Waals surface area contributed by atoms with Crippen LogP contribution in [0.15, 0.2) is 121 Å². The van der Waals surface area contributed by atoms with Gasteiger partial charge in [-0.2, -0.15) is 0 Å². The molecule has 5 nitrogen and oxygen atoms in total. The highest BCUT2D eigenvalue weighted by atomic mass is 32.1. The number of anilines is 3. The zero-order valence-corrected chi connectivity index (χ0v) is 27.7. The third-order valence-corrected chi connectivity index (χ3v) is 10.6. The van der Waals surface area contributed by atoms with Crippen molar-refractivity contribution in [3.8, 4) is 17.3 Å². The average Bonchev–Trinajstić information content (AvgIpc) is 3.73. The number of para-hydroxylation sites is 1. The molecule has 0 radical (unpaired) electrons. The molecule has 230 valence electrons. The standard InChI is InChI=1S/C41H34N4OS/c1-41(2,3)26-20-21-42-38(22-26)45-34-14-7-5-12-30(34)31-17-16-29(24-36(31)45)46-28-11-9-10-27(23-28)44-25-43(4)39-35(44)19-18-33-32-13-6-8-15-37(32)47-40(33)39/h5-24H,25H2,1-4H3. The van der Waals surface area contributed by atoms with Gasteiger partial charge in [0.05, 0.1) is 33.8 Å². The van der Waals surface area contributed by atoms with Gasteiger partial charge in [0.1, 0.15) is 17.3 Å². The van der Waals surface area contributed by atoms with Gasteiger partial charge in [-0.1, -0.05) is 69.3 Å². The van der Waals surface area contributed by atoms with E-state index in [-0.39, 0.29) is 5.41 Å². The zero-order valence-electron chi connectivity index (χ0n) is 26.9. The van der Waals surface area contributed by atoms with E-state index < -0.39 is 0 Å². The summed E-state index contributed by atoms with van der Waals surface area (Å²) >= 11 is 1.88. The number of aromatic nitrogens is 2. The molecule has 0 saturated heterocycles. The Morgan fingerprint density at radius 2 is 1.47 bits per heavy atom. The smallest absolute Gasteiger partial charge is 0.137 e. The first-order chi connectivity index (χ1) is 22.8. The summed E-state index contributed by atoms with van der Waals surface area (Å²) in [5, 5.41) is 5.02. The van der Waals surface area contributed by atoms with E-state index in [2.05, 4.69) is 151 Å². The third-order valence-electron chi connectivity index (χ3n) is 9.38. The van der Waals surface area contributed by atoms with Gasteiger partial charge in [-0.25, -0.2) is 4.98 Å². The van der Waals surface area contributed by atoms with Crippen molar-refractivity contribution in [1.82, 2.24) is 9.55 Å². The molecule has 0 bridgehead atoms. The van der Waals surface area contributed by atoms with Crippen molar-refractivity contribution in [3.63, 3.8) is 0 Å².